The van der Waals surface area contributed by atoms with E-state index in [0.29, 0.717) is 6.04 Å². The van der Waals surface area contributed by atoms with Crippen LogP contribution >= 0.6 is 15.9 Å². The SMILES string of the molecule is CC(C)n1cc(CCCO)c2ccc(Br)cc21. The number of rotatable bonds is 4. The van der Waals surface area contributed by atoms with E-state index in [4.69, 9.17) is 5.11 Å². The van der Waals surface area contributed by atoms with Gasteiger partial charge in [-0.3, -0.25) is 0 Å². The van der Waals surface area contributed by atoms with Crippen molar-refractivity contribution < 1.29 is 5.11 Å². The molecule has 17 heavy (non-hydrogen) atoms. The Labute approximate surface area is 110 Å². The van der Waals surface area contributed by atoms with Crippen molar-refractivity contribution >= 4 is 26.8 Å². The second kappa shape index (κ2) is 5.23. The van der Waals surface area contributed by atoms with E-state index in [-0.39, 0.29) is 6.61 Å². The lowest BCUT2D eigenvalue weighted by Gasteiger charge is -2.08. The summed E-state index contributed by atoms with van der Waals surface area (Å²) in [6.07, 6.45) is 3.99. The largest absolute Gasteiger partial charge is 0.396 e. The fraction of sp³-hybridized carbons (Fsp3) is 0.429. The van der Waals surface area contributed by atoms with Gasteiger partial charge in [-0.25, -0.2) is 0 Å². The van der Waals surface area contributed by atoms with Crippen molar-refractivity contribution in [2.75, 3.05) is 6.61 Å². The topological polar surface area (TPSA) is 25.2 Å². The first-order valence-electron chi connectivity index (χ1n) is 6.03. The van der Waals surface area contributed by atoms with Crippen LogP contribution in [0.1, 0.15) is 31.9 Å². The van der Waals surface area contributed by atoms with Crippen LogP contribution in [0, 0.1) is 0 Å². The van der Waals surface area contributed by atoms with Gasteiger partial charge in [0, 0.05) is 34.2 Å². The molecule has 0 amide bonds. The minimum Gasteiger partial charge on any atom is -0.396 e. The quantitative estimate of drug-likeness (QED) is 0.909. The Morgan fingerprint density at radius 2 is 2.12 bits per heavy atom. The predicted octanol–water partition coefficient (Wildman–Crippen LogP) is 3.91. The van der Waals surface area contributed by atoms with E-state index in [0.717, 1.165) is 17.3 Å². The second-order valence-electron chi connectivity index (χ2n) is 4.64. The van der Waals surface area contributed by atoms with E-state index < -0.39 is 0 Å². The van der Waals surface area contributed by atoms with Crippen molar-refractivity contribution in [3.63, 3.8) is 0 Å². The van der Waals surface area contributed by atoms with Crippen LogP contribution in [0.2, 0.25) is 0 Å². The molecule has 0 aliphatic heterocycles. The zero-order valence-corrected chi connectivity index (χ0v) is 11.9. The smallest absolute Gasteiger partial charge is 0.0496 e. The molecule has 0 atom stereocenters. The van der Waals surface area contributed by atoms with Gasteiger partial charge in [0.25, 0.3) is 0 Å². The highest BCUT2D eigenvalue weighted by Crippen LogP contribution is 2.28. The van der Waals surface area contributed by atoms with Gasteiger partial charge in [-0.15, -0.1) is 0 Å². The van der Waals surface area contributed by atoms with Gasteiger partial charge in [-0.1, -0.05) is 22.0 Å². The summed E-state index contributed by atoms with van der Waals surface area (Å²) in [5.41, 5.74) is 2.59. The molecule has 0 saturated carbocycles. The maximum atomic E-state index is 8.95. The van der Waals surface area contributed by atoms with Crippen molar-refractivity contribution in [3.05, 3.63) is 34.4 Å². The predicted molar refractivity (Wildman–Crippen MR) is 75.4 cm³/mol. The highest BCUT2D eigenvalue weighted by Gasteiger charge is 2.10. The third-order valence-electron chi connectivity index (χ3n) is 3.04. The fourth-order valence-corrected chi connectivity index (χ4v) is 2.54. The lowest BCUT2D eigenvalue weighted by molar-refractivity contribution is 0.288. The Balaban J connectivity index is 2.54. The number of aliphatic hydroxyl groups is 1. The molecular formula is C14H18BrNO. The molecule has 2 aromatic rings. The molecule has 0 aliphatic rings. The van der Waals surface area contributed by atoms with E-state index in [1.165, 1.54) is 16.5 Å². The molecule has 1 N–H and O–H groups in total. The number of benzene rings is 1. The van der Waals surface area contributed by atoms with Crippen LogP contribution in [-0.4, -0.2) is 16.3 Å². The van der Waals surface area contributed by atoms with Crippen LogP contribution in [0.4, 0.5) is 0 Å². The molecule has 92 valence electrons. The first-order chi connectivity index (χ1) is 8.13. The Morgan fingerprint density at radius 3 is 2.76 bits per heavy atom. The molecule has 0 aliphatic carbocycles. The summed E-state index contributed by atoms with van der Waals surface area (Å²) in [7, 11) is 0. The average molecular weight is 296 g/mol. The lowest BCUT2D eigenvalue weighted by Crippen LogP contribution is -1.98. The number of hydrogen-bond donors (Lipinski definition) is 1. The lowest BCUT2D eigenvalue weighted by atomic mass is 10.1. The van der Waals surface area contributed by atoms with E-state index in [9.17, 15) is 0 Å². The third-order valence-corrected chi connectivity index (χ3v) is 3.53. The number of halogens is 1. The maximum absolute atomic E-state index is 8.95. The van der Waals surface area contributed by atoms with Gasteiger partial charge < -0.3 is 9.67 Å². The van der Waals surface area contributed by atoms with E-state index in [1.807, 2.05) is 0 Å². The van der Waals surface area contributed by atoms with Gasteiger partial charge >= 0.3 is 0 Å². The van der Waals surface area contributed by atoms with Gasteiger partial charge in [0.1, 0.15) is 0 Å². The number of nitrogens with zero attached hydrogens (tertiary/aromatic N) is 1. The van der Waals surface area contributed by atoms with Crippen LogP contribution < -0.4 is 0 Å². The number of aromatic nitrogens is 1. The zero-order chi connectivity index (χ0) is 12.4. The van der Waals surface area contributed by atoms with Gasteiger partial charge in [0.15, 0.2) is 0 Å². The Hall–Kier alpha value is -0.800. The summed E-state index contributed by atoms with van der Waals surface area (Å²) in [6.45, 7) is 4.64. The minimum atomic E-state index is 0.255. The molecule has 0 saturated heterocycles. The molecule has 0 fully saturated rings. The van der Waals surface area contributed by atoms with Gasteiger partial charge in [-0.05, 0) is 44.4 Å². The van der Waals surface area contributed by atoms with Crippen molar-refractivity contribution in [2.24, 2.45) is 0 Å². The minimum absolute atomic E-state index is 0.255. The van der Waals surface area contributed by atoms with Crippen LogP contribution in [-0.2, 0) is 6.42 Å². The number of fused-ring (bicyclic) bond motifs is 1. The molecule has 0 spiro atoms. The monoisotopic (exact) mass is 295 g/mol. The molecule has 0 unspecified atom stereocenters. The maximum Gasteiger partial charge on any atom is 0.0496 e. The van der Waals surface area contributed by atoms with Crippen LogP contribution in [0.25, 0.3) is 10.9 Å². The fourth-order valence-electron chi connectivity index (χ4n) is 2.19. The van der Waals surface area contributed by atoms with Crippen molar-refractivity contribution in [2.45, 2.75) is 32.7 Å². The molecule has 1 heterocycles. The first-order valence-corrected chi connectivity index (χ1v) is 6.82. The third kappa shape index (κ3) is 2.55. The van der Waals surface area contributed by atoms with Gasteiger partial charge in [-0.2, -0.15) is 0 Å². The zero-order valence-electron chi connectivity index (χ0n) is 10.3. The molecule has 2 nitrogen and oxygen atoms in total. The highest BCUT2D eigenvalue weighted by molar-refractivity contribution is 9.10. The number of aryl methyl sites for hydroxylation is 1. The molecule has 1 aromatic heterocycles. The summed E-state index contributed by atoms with van der Waals surface area (Å²) in [4.78, 5) is 0. The standard InChI is InChI=1S/C14H18BrNO/c1-10(2)16-9-11(4-3-7-17)13-6-5-12(15)8-14(13)16/h5-6,8-10,17H,3-4,7H2,1-2H3. The Bertz CT molecular complexity index is 516. The summed E-state index contributed by atoms with van der Waals surface area (Å²) >= 11 is 3.52. The van der Waals surface area contributed by atoms with Gasteiger partial charge in [0.2, 0.25) is 0 Å². The molecule has 0 radical (unpaired) electrons. The number of aliphatic hydroxyl groups excluding tert-OH is 1. The molecule has 3 heteroatoms. The summed E-state index contributed by atoms with van der Waals surface area (Å²) in [5, 5.41) is 10.2. The van der Waals surface area contributed by atoms with Crippen molar-refractivity contribution in [3.8, 4) is 0 Å². The average Bonchev–Trinajstić information content (AvgIpc) is 2.64. The van der Waals surface area contributed by atoms with E-state index in [2.05, 4.69) is 58.7 Å². The molecular weight excluding hydrogens is 278 g/mol. The second-order valence-corrected chi connectivity index (χ2v) is 5.56. The van der Waals surface area contributed by atoms with Crippen LogP contribution in [0.5, 0.6) is 0 Å². The molecule has 2 rings (SSSR count). The first kappa shape index (κ1) is 12.7. The molecule has 0 bridgehead atoms. The van der Waals surface area contributed by atoms with Crippen LogP contribution in [0.15, 0.2) is 28.9 Å². The Morgan fingerprint density at radius 1 is 1.35 bits per heavy atom. The molecule has 1 aromatic carbocycles. The Kier molecular flexibility index (Phi) is 3.89. The summed E-state index contributed by atoms with van der Waals surface area (Å²) in [6, 6.07) is 6.85. The number of hydrogen-bond acceptors (Lipinski definition) is 1. The highest BCUT2D eigenvalue weighted by atomic mass is 79.9. The summed E-state index contributed by atoms with van der Waals surface area (Å²) in [5.74, 6) is 0. The van der Waals surface area contributed by atoms with E-state index in [1.54, 1.807) is 0 Å². The van der Waals surface area contributed by atoms with Gasteiger partial charge in [0.05, 0.1) is 0 Å². The van der Waals surface area contributed by atoms with E-state index >= 15 is 0 Å². The summed E-state index contributed by atoms with van der Waals surface area (Å²) < 4.78 is 3.41. The van der Waals surface area contributed by atoms with Crippen molar-refractivity contribution in [1.82, 2.24) is 4.57 Å². The van der Waals surface area contributed by atoms with Crippen LogP contribution in [0.3, 0.4) is 0 Å². The van der Waals surface area contributed by atoms with Crippen molar-refractivity contribution in [1.29, 1.82) is 0 Å². The normalized spacial score (nSPS) is 11.6.